The lowest BCUT2D eigenvalue weighted by Crippen LogP contribution is -2.19. The smallest absolute Gasteiger partial charge is 0.117 e. The number of hydrogen-bond acceptors (Lipinski definition) is 2. The maximum Gasteiger partial charge on any atom is 0.117 e. The van der Waals surface area contributed by atoms with Crippen molar-refractivity contribution in [2.24, 2.45) is 0 Å². The maximum atomic E-state index is 11.9. The van der Waals surface area contributed by atoms with Gasteiger partial charge in [-0.25, -0.2) is 4.39 Å². The highest BCUT2D eigenvalue weighted by atomic mass is 19.1. The summed E-state index contributed by atoms with van der Waals surface area (Å²) in [5.74, 6) is 0.207. The molecule has 1 N–H and O–H groups in total. The molecule has 3 heteroatoms. The monoisotopic (exact) mass is 169 g/mol. The van der Waals surface area contributed by atoms with Gasteiger partial charge in [0, 0.05) is 25.3 Å². The quantitative estimate of drug-likeness (QED) is 0.745. The van der Waals surface area contributed by atoms with E-state index >= 15 is 0 Å². The van der Waals surface area contributed by atoms with E-state index in [0.29, 0.717) is 6.54 Å². The van der Waals surface area contributed by atoms with E-state index in [4.69, 9.17) is 5.11 Å². The van der Waals surface area contributed by atoms with Crippen molar-refractivity contribution < 1.29 is 9.50 Å². The van der Waals surface area contributed by atoms with Gasteiger partial charge in [0.05, 0.1) is 0 Å². The van der Waals surface area contributed by atoms with E-state index in [1.807, 2.05) is 6.07 Å². The van der Waals surface area contributed by atoms with Crippen molar-refractivity contribution in [2.75, 3.05) is 25.2 Å². The van der Waals surface area contributed by atoms with Crippen molar-refractivity contribution in [3.05, 3.63) is 24.3 Å². The molecule has 0 aliphatic carbocycles. The Morgan fingerprint density at radius 1 is 1.50 bits per heavy atom. The van der Waals surface area contributed by atoms with Gasteiger partial charge in [-0.2, -0.15) is 0 Å². The molecule has 0 aliphatic rings. The molecule has 0 heterocycles. The molecule has 0 aliphatic heterocycles. The van der Waals surface area contributed by atoms with Crippen LogP contribution in [0.2, 0.25) is 0 Å². The highest BCUT2D eigenvalue weighted by molar-refractivity contribution is 5.49. The number of halogens is 1. The average Bonchev–Trinajstić information content (AvgIpc) is 2.05. The van der Waals surface area contributed by atoms with Gasteiger partial charge in [0.25, 0.3) is 0 Å². The molecular formula is C9H12FNO. The first-order chi connectivity index (χ1) is 5.74. The van der Waals surface area contributed by atoms with Crippen LogP contribution >= 0.6 is 0 Å². The summed E-state index contributed by atoms with van der Waals surface area (Å²) < 4.78 is 11.9. The highest BCUT2D eigenvalue weighted by Crippen LogP contribution is 2.18. The van der Waals surface area contributed by atoms with Crippen molar-refractivity contribution in [3.8, 4) is 5.75 Å². The molecule has 0 radical (unpaired) electrons. The van der Waals surface area contributed by atoms with Crippen LogP contribution in [0.3, 0.4) is 0 Å². The Bertz CT molecular complexity index is 252. The fourth-order valence-electron chi connectivity index (χ4n) is 0.986. The normalized spacial score (nSPS) is 9.83. The van der Waals surface area contributed by atoms with E-state index < -0.39 is 0 Å². The first-order valence-corrected chi connectivity index (χ1v) is 3.80. The second-order valence-corrected chi connectivity index (χ2v) is 2.63. The first-order valence-electron chi connectivity index (χ1n) is 3.80. The molecule has 0 saturated carbocycles. The van der Waals surface area contributed by atoms with Crippen LogP contribution in [0.1, 0.15) is 0 Å². The van der Waals surface area contributed by atoms with Gasteiger partial charge in [-0.3, -0.25) is 0 Å². The van der Waals surface area contributed by atoms with E-state index in [9.17, 15) is 4.39 Å². The summed E-state index contributed by atoms with van der Waals surface area (Å²) >= 11 is 0. The largest absolute Gasteiger partial charge is 0.508 e. The molecule has 0 atom stereocenters. The number of aromatic hydroxyl groups is 1. The van der Waals surface area contributed by atoms with Crippen molar-refractivity contribution in [1.82, 2.24) is 0 Å². The van der Waals surface area contributed by atoms with Gasteiger partial charge in [-0.1, -0.05) is 6.07 Å². The number of phenols is 1. The van der Waals surface area contributed by atoms with Gasteiger partial charge in [-0.05, 0) is 12.1 Å². The van der Waals surface area contributed by atoms with Crippen LogP contribution in [0.25, 0.3) is 0 Å². The Labute approximate surface area is 71.2 Å². The topological polar surface area (TPSA) is 23.5 Å². The molecule has 0 amide bonds. The highest BCUT2D eigenvalue weighted by Gasteiger charge is 1.99. The maximum absolute atomic E-state index is 11.9. The summed E-state index contributed by atoms with van der Waals surface area (Å²) in [6.45, 7) is -0.0321. The summed E-state index contributed by atoms with van der Waals surface area (Å²) in [5.41, 5.74) is 0.827. The predicted octanol–water partition coefficient (Wildman–Crippen LogP) is 1.80. The van der Waals surface area contributed by atoms with Crippen LogP contribution in [-0.2, 0) is 0 Å². The number of nitrogens with zero attached hydrogens (tertiary/aromatic N) is 1. The van der Waals surface area contributed by atoms with Gasteiger partial charge in [-0.15, -0.1) is 0 Å². The lowest BCUT2D eigenvalue weighted by molar-refractivity contribution is 0.474. The van der Waals surface area contributed by atoms with Gasteiger partial charge >= 0.3 is 0 Å². The SMILES string of the molecule is CN(CCF)c1cccc(O)c1. The molecule has 2 nitrogen and oxygen atoms in total. The summed E-state index contributed by atoms with van der Waals surface area (Å²) in [6, 6.07) is 6.76. The summed E-state index contributed by atoms with van der Waals surface area (Å²) in [7, 11) is 1.79. The zero-order valence-electron chi connectivity index (χ0n) is 7.00. The Morgan fingerprint density at radius 3 is 2.83 bits per heavy atom. The molecule has 1 rings (SSSR count). The summed E-state index contributed by atoms with van der Waals surface area (Å²) in [5, 5.41) is 9.11. The van der Waals surface area contributed by atoms with E-state index in [0.717, 1.165) is 5.69 Å². The van der Waals surface area contributed by atoms with Crippen LogP contribution < -0.4 is 4.90 Å². The molecule has 66 valence electrons. The Balaban J connectivity index is 2.73. The van der Waals surface area contributed by atoms with Crippen LogP contribution in [0.4, 0.5) is 10.1 Å². The Kier molecular flexibility index (Phi) is 2.91. The molecule has 0 spiro atoms. The van der Waals surface area contributed by atoms with E-state index in [-0.39, 0.29) is 12.4 Å². The number of hydrogen-bond donors (Lipinski definition) is 1. The third kappa shape index (κ3) is 2.12. The molecular weight excluding hydrogens is 157 g/mol. The minimum Gasteiger partial charge on any atom is -0.508 e. The molecule has 1 aromatic rings. The standard InChI is InChI=1S/C9H12FNO/c1-11(6-5-10)8-3-2-4-9(12)7-8/h2-4,7,12H,5-6H2,1H3. The molecule has 12 heavy (non-hydrogen) atoms. The van der Waals surface area contributed by atoms with Crippen molar-refractivity contribution in [2.45, 2.75) is 0 Å². The van der Waals surface area contributed by atoms with E-state index in [1.54, 1.807) is 30.1 Å². The zero-order valence-corrected chi connectivity index (χ0v) is 7.00. The number of phenolic OH excluding ortho intramolecular Hbond substituents is 1. The number of rotatable bonds is 3. The van der Waals surface area contributed by atoms with Crippen molar-refractivity contribution in [1.29, 1.82) is 0 Å². The Morgan fingerprint density at radius 2 is 2.25 bits per heavy atom. The minimum atomic E-state index is -0.383. The first kappa shape index (κ1) is 8.84. The van der Waals surface area contributed by atoms with Crippen LogP contribution in [-0.4, -0.2) is 25.4 Å². The van der Waals surface area contributed by atoms with E-state index in [2.05, 4.69) is 0 Å². The minimum absolute atomic E-state index is 0.207. The van der Waals surface area contributed by atoms with Crippen LogP contribution in [0.15, 0.2) is 24.3 Å². The summed E-state index contributed by atoms with van der Waals surface area (Å²) in [4.78, 5) is 1.75. The van der Waals surface area contributed by atoms with E-state index in [1.165, 1.54) is 0 Å². The molecule has 0 aromatic heterocycles. The summed E-state index contributed by atoms with van der Waals surface area (Å²) in [6.07, 6.45) is 0. The fraction of sp³-hybridized carbons (Fsp3) is 0.333. The number of benzene rings is 1. The predicted molar refractivity (Wildman–Crippen MR) is 47.4 cm³/mol. The number of alkyl halides is 1. The lowest BCUT2D eigenvalue weighted by atomic mass is 10.3. The van der Waals surface area contributed by atoms with Gasteiger partial charge in [0.1, 0.15) is 12.4 Å². The molecule has 0 bridgehead atoms. The molecule has 0 unspecified atom stereocenters. The molecule has 1 aromatic carbocycles. The molecule has 0 saturated heterocycles. The second-order valence-electron chi connectivity index (χ2n) is 2.63. The number of anilines is 1. The lowest BCUT2D eigenvalue weighted by Gasteiger charge is -2.16. The van der Waals surface area contributed by atoms with Gasteiger partial charge in [0.15, 0.2) is 0 Å². The third-order valence-corrected chi connectivity index (χ3v) is 1.69. The van der Waals surface area contributed by atoms with Gasteiger partial charge < -0.3 is 10.0 Å². The fourth-order valence-corrected chi connectivity index (χ4v) is 0.986. The molecule has 0 fully saturated rings. The average molecular weight is 169 g/mol. The zero-order chi connectivity index (χ0) is 8.97. The Hall–Kier alpha value is -1.25. The van der Waals surface area contributed by atoms with Gasteiger partial charge in [0.2, 0.25) is 0 Å². The van der Waals surface area contributed by atoms with Crippen LogP contribution in [0.5, 0.6) is 5.75 Å². The second kappa shape index (κ2) is 3.95. The van der Waals surface area contributed by atoms with Crippen LogP contribution in [0, 0.1) is 0 Å². The third-order valence-electron chi connectivity index (χ3n) is 1.69. The van der Waals surface area contributed by atoms with Crippen molar-refractivity contribution in [3.63, 3.8) is 0 Å². The van der Waals surface area contributed by atoms with Crippen molar-refractivity contribution >= 4 is 5.69 Å².